The summed E-state index contributed by atoms with van der Waals surface area (Å²) in [5, 5.41) is 0. The fraction of sp³-hybridized carbons (Fsp3) is 0.562. The minimum atomic E-state index is -0.0345. The molecule has 19 heavy (non-hydrogen) atoms. The Balaban J connectivity index is 1.88. The normalized spacial score (nSPS) is 20.5. The lowest BCUT2D eigenvalue weighted by Gasteiger charge is -2.31. The van der Waals surface area contributed by atoms with Gasteiger partial charge in [-0.25, -0.2) is 0 Å². The minimum Gasteiger partial charge on any atom is -0.463 e. The van der Waals surface area contributed by atoms with Crippen LogP contribution in [0.25, 0.3) is 0 Å². The fourth-order valence-corrected chi connectivity index (χ4v) is 2.56. The van der Waals surface area contributed by atoms with E-state index in [9.17, 15) is 4.79 Å². The first-order valence-electron chi connectivity index (χ1n) is 7.12. The van der Waals surface area contributed by atoms with Gasteiger partial charge in [0.15, 0.2) is 0 Å². The standard InChI is InChI=1S/C16H23NO2/c1-13(2)19-16(18)15-9-6-10-17(12-15)11-14-7-4-3-5-8-14/h3-5,7-8,13,15H,6,9-12H2,1-2H3. The molecule has 2 rings (SSSR count). The predicted octanol–water partition coefficient (Wildman–Crippen LogP) is 2.85. The molecule has 0 N–H and O–H groups in total. The van der Waals surface area contributed by atoms with Crippen LogP contribution in [0.5, 0.6) is 0 Å². The molecule has 1 heterocycles. The summed E-state index contributed by atoms with van der Waals surface area (Å²) in [6.45, 7) is 6.62. The highest BCUT2D eigenvalue weighted by atomic mass is 16.5. The maximum Gasteiger partial charge on any atom is 0.310 e. The van der Waals surface area contributed by atoms with E-state index in [1.807, 2.05) is 19.9 Å². The second-order valence-corrected chi connectivity index (χ2v) is 5.55. The first-order valence-corrected chi connectivity index (χ1v) is 7.12. The second kappa shape index (κ2) is 6.71. The van der Waals surface area contributed by atoms with Crippen LogP contribution in [-0.4, -0.2) is 30.1 Å². The summed E-state index contributed by atoms with van der Waals surface area (Å²) in [4.78, 5) is 14.3. The van der Waals surface area contributed by atoms with Gasteiger partial charge in [-0.1, -0.05) is 30.3 Å². The molecule has 3 nitrogen and oxygen atoms in total. The molecule has 0 radical (unpaired) electrons. The Kier molecular flexibility index (Phi) is 4.97. The van der Waals surface area contributed by atoms with Crippen molar-refractivity contribution in [1.82, 2.24) is 4.90 Å². The van der Waals surface area contributed by atoms with Gasteiger partial charge in [0.1, 0.15) is 0 Å². The summed E-state index contributed by atoms with van der Waals surface area (Å²) >= 11 is 0. The summed E-state index contributed by atoms with van der Waals surface area (Å²) in [5.74, 6) is 0.00706. The Hall–Kier alpha value is -1.35. The average molecular weight is 261 g/mol. The summed E-state index contributed by atoms with van der Waals surface area (Å²) in [5.41, 5.74) is 1.31. The van der Waals surface area contributed by atoms with Crippen molar-refractivity contribution in [3.63, 3.8) is 0 Å². The number of carbonyl (C=O) groups excluding carboxylic acids is 1. The maximum absolute atomic E-state index is 12.0. The number of rotatable bonds is 4. The zero-order chi connectivity index (χ0) is 13.7. The van der Waals surface area contributed by atoms with Gasteiger partial charge < -0.3 is 4.74 Å². The van der Waals surface area contributed by atoms with Crippen molar-refractivity contribution in [3.05, 3.63) is 35.9 Å². The van der Waals surface area contributed by atoms with E-state index >= 15 is 0 Å². The molecule has 3 heteroatoms. The molecule has 0 aliphatic carbocycles. The van der Waals surface area contributed by atoms with Crippen LogP contribution in [0.15, 0.2) is 30.3 Å². The van der Waals surface area contributed by atoms with Crippen LogP contribution in [0, 0.1) is 5.92 Å². The van der Waals surface area contributed by atoms with Gasteiger partial charge in [0.2, 0.25) is 0 Å². The third-order valence-corrected chi connectivity index (χ3v) is 3.44. The molecule has 0 bridgehead atoms. The van der Waals surface area contributed by atoms with E-state index in [4.69, 9.17) is 4.74 Å². The van der Waals surface area contributed by atoms with Gasteiger partial charge >= 0.3 is 5.97 Å². The molecule has 1 aromatic carbocycles. The van der Waals surface area contributed by atoms with Crippen molar-refractivity contribution in [2.75, 3.05) is 13.1 Å². The molecule has 1 aliphatic rings. The molecule has 1 fully saturated rings. The molecule has 1 saturated heterocycles. The Morgan fingerprint density at radius 3 is 2.79 bits per heavy atom. The van der Waals surface area contributed by atoms with Crippen LogP contribution in [0.3, 0.4) is 0 Å². The van der Waals surface area contributed by atoms with E-state index < -0.39 is 0 Å². The average Bonchev–Trinajstić information content (AvgIpc) is 2.39. The number of likely N-dealkylation sites (tertiary alicyclic amines) is 1. The predicted molar refractivity (Wildman–Crippen MR) is 75.7 cm³/mol. The van der Waals surface area contributed by atoms with Gasteiger partial charge in [-0.3, -0.25) is 9.69 Å². The number of benzene rings is 1. The van der Waals surface area contributed by atoms with Crippen LogP contribution >= 0.6 is 0 Å². The van der Waals surface area contributed by atoms with Gasteiger partial charge in [-0.15, -0.1) is 0 Å². The molecule has 1 aromatic rings. The quantitative estimate of drug-likeness (QED) is 0.781. The molecule has 0 saturated carbocycles. The first kappa shape index (κ1) is 14.1. The topological polar surface area (TPSA) is 29.5 Å². The Morgan fingerprint density at radius 1 is 1.37 bits per heavy atom. The van der Waals surface area contributed by atoms with Gasteiger partial charge in [0.25, 0.3) is 0 Å². The summed E-state index contributed by atoms with van der Waals surface area (Å²) in [6.07, 6.45) is 2.01. The van der Waals surface area contributed by atoms with Gasteiger partial charge in [-0.2, -0.15) is 0 Å². The Morgan fingerprint density at radius 2 is 2.11 bits per heavy atom. The summed E-state index contributed by atoms with van der Waals surface area (Å²) in [6, 6.07) is 10.4. The molecular formula is C16H23NO2. The number of ether oxygens (including phenoxy) is 1. The van der Waals surface area contributed by atoms with E-state index in [1.54, 1.807) is 0 Å². The van der Waals surface area contributed by atoms with Gasteiger partial charge in [0, 0.05) is 13.1 Å². The zero-order valence-electron chi connectivity index (χ0n) is 11.8. The third kappa shape index (κ3) is 4.35. The van der Waals surface area contributed by atoms with Gasteiger partial charge in [-0.05, 0) is 38.8 Å². The van der Waals surface area contributed by atoms with Crippen LogP contribution < -0.4 is 0 Å². The highest BCUT2D eigenvalue weighted by molar-refractivity contribution is 5.73. The molecule has 104 valence electrons. The summed E-state index contributed by atoms with van der Waals surface area (Å²) < 4.78 is 5.32. The fourth-order valence-electron chi connectivity index (χ4n) is 2.56. The van der Waals surface area contributed by atoms with E-state index in [1.165, 1.54) is 5.56 Å². The van der Waals surface area contributed by atoms with E-state index in [0.29, 0.717) is 0 Å². The van der Waals surface area contributed by atoms with Crippen molar-refractivity contribution >= 4 is 5.97 Å². The molecule has 1 aliphatic heterocycles. The van der Waals surface area contributed by atoms with Gasteiger partial charge in [0.05, 0.1) is 12.0 Å². The van der Waals surface area contributed by atoms with Crippen molar-refractivity contribution < 1.29 is 9.53 Å². The first-order chi connectivity index (χ1) is 9.15. The molecular weight excluding hydrogens is 238 g/mol. The SMILES string of the molecule is CC(C)OC(=O)C1CCCN(Cc2ccccc2)C1. The van der Waals surface area contributed by atoms with E-state index in [0.717, 1.165) is 32.5 Å². The number of nitrogens with zero attached hydrogens (tertiary/aromatic N) is 1. The van der Waals surface area contributed by atoms with E-state index in [-0.39, 0.29) is 18.0 Å². The lowest BCUT2D eigenvalue weighted by atomic mass is 9.97. The van der Waals surface area contributed by atoms with E-state index in [2.05, 4.69) is 29.2 Å². The van der Waals surface area contributed by atoms with Crippen LogP contribution in [0.4, 0.5) is 0 Å². The smallest absolute Gasteiger partial charge is 0.310 e. The monoisotopic (exact) mass is 261 g/mol. The number of hydrogen-bond donors (Lipinski definition) is 0. The van der Waals surface area contributed by atoms with Crippen molar-refractivity contribution in [2.24, 2.45) is 5.92 Å². The second-order valence-electron chi connectivity index (χ2n) is 5.55. The van der Waals surface area contributed by atoms with Crippen LogP contribution in [0.2, 0.25) is 0 Å². The Labute approximate surface area is 115 Å². The van der Waals surface area contributed by atoms with Crippen LogP contribution in [-0.2, 0) is 16.1 Å². The van der Waals surface area contributed by atoms with Crippen molar-refractivity contribution in [1.29, 1.82) is 0 Å². The lowest BCUT2D eigenvalue weighted by Crippen LogP contribution is -2.39. The minimum absolute atomic E-state index is 0.0167. The van der Waals surface area contributed by atoms with Crippen molar-refractivity contribution in [3.8, 4) is 0 Å². The third-order valence-electron chi connectivity index (χ3n) is 3.44. The summed E-state index contributed by atoms with van der Waals surface area (Å²) in [7, 11) is 0. The molecule has 0 spiro atoms. The lowest BCUT2D eigenvalue weighted by molar-refractivity contribution is -0.154. The number of piperidine rings is 1. The maximum atomic E-state index is 12.0. The highest BCUT2D eigenvalue weighted by Crippen LogP contribution is 2.20. The zero-order valence-corrected chi connectivity index (χ0v) is 11.8. The van der Waals surface area contributed by atoms with Crippen molar-refractivity contribution in [2.45, 2.75) is 39.3 Å². The highest BCUT2D eigenvalue weighted by Gasteiger charge is 2.27. The molecule has 1 atom stereocenters. The largest absolute Gasteiger partial charge is 0.463 e. The number of hydrogen-bond acceptors (Lipinski definition) is 3. The molecule has 0 amide bonds. The number of esters is 1. The number of carbonyl (C=O) groups is 1. The van der Waals surface area contributed by atoms with Crippen LogP contribution in [0.1, 0.15) is 32.3 Å². The molecule has 0 aromatic heterocycles. The Bertz CT molecular complexity index is 402. The molecule has 1 unspecified atom stereocenters.